The van der Waals surface area contributed by atoms with Gasteiger partial charge < -0.3 is 10.4 Å². The van der Waals surface area contributed by atoms with Gasteiger partial charge in [0.1, 0.15) is 0 Å². The molecule has 1 rings (SSSR count). The van der Waals surface area contributed by atoms with E-state index in [4.69, 9.17) is 5.11 Å². The molecule has 2 N–H and O–H groups in total. The van der Waals surface area contributed by atoms with E-state index in [9.17, 15) is 4.79 Å². The van der Waals surface area contributed by atoms with Gasteiger partial charge in [-0.15, -0.1) is 5.10 Å². The van der Waals surface area contributed by atoms with E-state index < -0.39 is 5.97 Å². The monoisotopic (exact) mass is 238 g/mol. The zero-order valence-electron chi connectivity index (χ0n) is 9.96. The number of nitrogens with one attached hydrogen (secondary N) is 1. The van der Waals surface area contributed by atoms with Gasteiger partial charge >= 0.3 is 5.97 Å². The zero-order chi connectivity index (χ0) is 12.5. The van der Waals surface area contributed by atoms with Gasteiger partial charge in [-0.25, -0.2) is 4.79 Å². The minimum absolute atomic E-state index is 0.453. The minimum atomic E-state index is -0.836. The molecule has 0 saturated carbocycles. The molecule has 1 aromatic rings. The largest absolute Gasteiger partial charge is 0.478 e. The molecule has 94 valence electrons. The normalized spacial score (nSPS) is 11.7. The molecular weight excluding hydrogens is 220 g/mol. The standard InChI is InChI=1S/C11H18N4O2/c1-2-10(11(16)17)4-6-12-5-3-8-15-9-7-13-14-15/h4,7,9,12H,2-3,5-6,8H2,1H3,(H,16,17)/b10-4-. The average molecular weight is 238 g/mol. The lowest BCUT2D eigenvalue weighted by Gasteiger charge is -2.03. The van der Waals surface area contributed by atoms with Crippen LogP contribution in [0.15, 0.2) is 24.0 Å². The molecule has 6 nitrogen and oxygen atoms in total. The van der Waals surface area contributed by atoms with E-state index in [1.54, 1.807) is 17.0 Å². The lowest BCUT2D eigenvalue weighted by molar-refractivity contribution is -0.132. The van der Waals surface area contributed by atoms with Crippen LogP contribution in [-0.2, 0) is 11.3 Å². The van der Waals surface area contributed by atoms with E-state index in [2.05, 4.69) is 15.6 Å². The molecule has 0 amide bonds. The van der Waals surface area contributed by atoms with Crippen LogP contribution in [0.5, 0.6) is 0 Å². The summed E-state index contributed by atoms with van der Waals surface area (Å²) in [6, 6.07) is 0. The summed E-state index contributed by atoms with van der Waals surface area (Å²) in [4.78, 5) is 10.7. The summed E-state index contributed by atoms with van der Waals surface area (Å²) < 4.78 is 1.77. The molecule has 1 aromatic heterocycles. The summed E-state index contributed by atoms with van der Waals surface area (Å²) >= 11 is 0. The second-order valence-corrected chi connectivity index (χ2v) is 3.61. The van der Waals surface area contributed by atoms with Crippen molar-refractivity contribution in [2.75, 3.05) is 13.1 Å². The van der Waals surface area contributed by atoms with E-state index in [-0.39, 0.29) is 0 Å². The Labute approximate surface area is 100 Å². The maximum Gasteiger partial charge on any atom is 0.331 e. The van der Waals surface area contributed by atoms with Crippen LogP contribution < -0.4 is 5.32 Å². The summed E-state index contributed by atoms with van der Waals surface area (Å²) in [5, 5.41) is 19.5. The zero-order valence-corrected chi connectivity index (χ0v) is 9.96. The van der Waals surface area contributed by atoms with Crippen LogP contribution in [0.1, 0.15) is 19.8 Å². The van der Waals surface area contributed by atoms with Crippen LogP contribution in [-0.4, -0.2) is 39.2 Å². The van der Waals surface area contributed by atoms with Crippen molar-refractivity contribution < 1.29 is 9.90 Å². The van der Waals surface area contributed by atoms with Crippen molar-refractivity contribution in [2.45, 2.75) is 26.3 Å². The van der Waals surface area contributed by atoms with E-state index in [1.807, 2.05) is 13.1 Å². The third-order valence-electron chi connectivity index (χ3n) is 2.36. The van der Waals surface area contributed by atoms with Gasteiger partial charge in [0, 0.05) is 24.9 Å². The maximum atomic E-state index is 10.7. The molecule has 17 heavy (non-hydrogen) atoms. The van der Waals surface area contributed by atoms with Crippen LogP contribution in [0.4, 0.5) is 0 Å². The number of hydrogen-bond acceptors (Lipinski definition) is 4. The van der Waals surface area contributed by atoms with Crippen molar-refractivity contribution in [3.63, 3.8) is 0 Å². The molecule has 0 radical (unpaired) electrons. The highest BCUT2D eigenvalue weighted by Gasteiger charge is 2.02. The van der Waals surface area contributed by atoms with Crippen LogP contribution >= 0.6 is 0 Å². The molecule has 0 spiro atoms. The Hall–Kier alpha value is -1.69. The van der Waals surface area contributed by atoms with Gasteiger partial charge in [-0.1, -0.05) is 18.2 Å². The fourth-order valence-electron chi connectivity index (χ4n) is 1.40. The predicted molar refractivity (Wildman–Crippen MR) is 63.5 cm³/mol. The van der Waals surface area contributed by atoms with Crippen molar-refractivity contribution in [3.05, 3.63) is 24.0 Å². The Kier molecular flexibility index (Phi) is 5.95. The maximum absolute atomic E-state index is 10.7. The van der Waals surface area contributed by atoms with Crippen LogP contribution in [0.2, 0.25) is 0 Å². The first-order valence-corrected chi connectivity index (χ1v) is 5.71. The van der Waals surface area contributed by atoms with Crippen LogP contribution in [0.25, 0.3) is 0 Å². The first-order valence-electron chi connectivity index (χ1n) is 5.71. The van der Waals surface area contributed by atoms with Crippen molar-refractivity contribution in [3.8, 4) is 0 Å². The number of aryl methyl sites for hydroxylation is 1. The van der Waals surface area contributed by atoms with E-state index in [1.165, 1.54) is 0 Å². The van der Waals surface area contributed by atoms with Crippen molar-refractivity contribution in [2.24, 2.45) is 0 Å². The fraction of sp³-hybridized carbons (Fsp3) is 0.545. The topological polar surface area (TPSA) is 80.0 Å². The number of carboxylic acid groups (broad SMARTS) is 1. The number of carbonyl (C=O) groups is 1. The highest BCUT2D eigenvalue weighted by molar-refractivity contribution is 5.86. The van der Waals surface area contributed by atoms with E-state index in [0.717, 1.165) is 19.5 Å². The summed E-state index contributed by atoms with van der Waals surface area (Å²) in [6.45, 7) is 4.07. The Balaban J connectivity index is 2.10. The number of hydrogen-bond donors (Lipinski definition) is 2. The minimum Gasteiger partial charge on any atom is -0.478 e. The lowest BCUT2D eigenvalue weighted by Crippen LogP contribution is -2.18. The second kappa shape index (κ2) is 7.56. The fourth-order valence-corrected chi connectivity index (χ4v) is 1.40. The van der Waals surface area contributed by atoms with Gasteiger partial charge in [-0.05, 0) is 19.4 Å². The second-order valence-electron chi connectivity index (χ2n) is 3.61. The Morgan fingerprint density at radius 1 is 1.59 bits per heavy atom. The number of nitrogens with zero attached hydrogens (tertiary/aromatic N) is 3. The molecule has 0 aliphatic carbocycles. The summed E-state index contributed by atoms with van der Waals surface area (Å²) in [7, 11) is 0. The quantitative estimate of drug-likeness (QED) is 0.514. The van der Waals surface area contributed by atoms with Gasteiger partial charge in [0.25, 0.3) is 0 Å². The molecule has 0 saturated heterocycles. The third kappa shape index (κ3) is 5.26. The molecule has 0 aromatic carbocycles. The highest BCUT2D eigenvalue weighted by Crippen LogP contribution is 1.98. The van der Waals surface area contributed by atoms with Crippen molar-refractivity contribution >= 4 is 5.97 Å². The van der Waals surface area contributed by atoms with Gasteiger partial charge in [0.2, 0.25) is 0 Å². The van der Waals surface area contributed by atoms with Crippen molar-refractivity contribution in [1.82, 2.24) is 20.3 Å². The summed E-state index contributed by atoms with van der Waals surface area (Å²) in [6.07, 6.45) is 6.68. The summed E-state index contributed by atoms with van der Waals surface area (Å²) in [5.74, 6) is -0.836. The highest BCUT2D eigenvalue weighted by atomic mass is 16.4. The predicted octanol–water partition coefficient (Wildman–Crippen LogP) is 0.679. The molecule has 0 unspecified atom stereocenters. The first kappa shape index (κ1) is 13.4. The van der Waals surface area contributed by atoms with E-state index >= 15 is 0 Å². The lowest BCUT2D eigenvalue weighted by atomic mass is 10.2. The molecule has 0 fully saturated rings. The van der Waals surface area contributed by atoms with Crippen LogP contribution in [0.3, 0.4) is 0 Å². The molecule has 1 heterocycles. The Bertz CT molecular complexity index is 360. The van der Waals surface area contributed by atoms with Crippen molar-refractivity contribution in [1.29, 1.82) is 0 Å². The van der Waals surface area contributed by atoms with Gasteiger partial charge in [0.15, 0.2) is 0 Å². The molecule has 0 bridgehead atoms. The number of rotatable bonds is 8. The Morgan fingerprint density at radius 2 is 2.41 bits per heavy atom. The summed E-state index contributed by atoms with van der Waals surface area (Å²) in [5.41, 5.74) is 0.453. The van der Waals surface area contributed by atoms with Gasteiger partial charge in [0.05, 0.1) is 6.20 Å². The molecule has 0 aliphatic heterocycles. The van der Waals surface area contributed by atoms with Gasteiger partial charge in [-0.3, -0.25) is 4.68 Å². The smallest absolute Gasteiger partial charge is 0.331 e. The van der Waals surface area contributed by atoms with Crippen LogP contribution in [0, 0.1) is 0 Å². The Morgan fingerprint density at radius 3 is 3.00 bits per heavy atom. The van der Waals surface area contributed by atoms with E-state index in [0.29, 0.717) is 18.5 Å². The first-order chi connectivity index (χ1) is 8.24. The number of aromatic nitrogens is 3. The third-order valence-corrected chi connectivity index (χ3v) is 2.36. The average Bonchev–Trinajstić information content (AvgIpc) is 2.80. The molecule has 0 aliphatic rings. The molecule has 0 atom stereocenters. The van der Waals surface area contributed by atoms with Gasteiger partial charge in [-0.2, -0.15) is 0 Å². The molecular formula is C11H18N4O2. The molecule has 6 heteroatoms. The SMILES string of the molecule is CC/C(=C/CNCCCn1ccnn1)C(=O)O. The number of carboxylic acids is 1. The number of aliphatic carboxylic acids is 1.